The number of halogens is 2. The van der Waals surface area contributed by atoms with Crippen LogP contribution in [0.1, 0.15) is 22.6 Å². The summed E-state index contributed by atoms with van der Waals surface area (Å²) in [4.78, 5) is 12.1. The summed E-state index contributed by atoms with van der Waals surface area (Å²) in [6.45, 7) is 0.405. The summed E-state index contributed by atoms with van der Waals surface area (Å²) in [5, 5.41) is 2.63. The van der Waals surface area contributed by atoms with E-state index in [-0.39, 0.29) is 24.8 Å². The number of hydrogen-bond acceptors (Lipinski definition) is 3. The second-order valence-electron chi connectivity index (χ2n) is 7.13. The molecule has 0 saturated heterocycles. The molecular formula is C25H21F2NO3. The minimum absolute atomic E-state index is 0.0108. The van der Waals surface area contributed by atoms with Gasteiger partial charge in [0.15, 0.2) is 11.6 Å². The Kier molecular flexibility index (Phi) is 5.98. The van der Waals surface area contributed by atoms with Crippen LogP contribution in [0.15, 0.2) is 66.7 Å². The first-order chi connectivity index (χ1) is 15.1. The van der Waals surface area contributed by atoms with E-state index in [4.69, 9.17) is 9.47 Å². The van der Waals surface area contributed by atoms with Crippen molar-refractivity contribution in [2.24, 2.45) is 0 Å². The van der Waals surface area contributed by atoms with Crippen LogP contribution in [0.3, 0.4) is 0 Å². The van der Waals surface area contributed by atoms with Crippen LogP contribution in [-0.2, 0) is 4.74 Å². The number of ether oxygens (including phenoxy) is 2. The Labute approximate surface area is 179 Å². The number of rotatable bonds is 6. The highest BCUT2D eigenvalue weighted by atomic mass is 19.2. The standard InChI is InChI=1S/C25H21F2NO3/c1-30-23-14-16(13-22(26)24(23)27)7-6-12-28-25(29)31-15-21-19-10-4-2-8-17(19)18-9-3-5-11-20(18)21/h2-11,13-14,21H,12,15H2,1H3,(H,28,29). The summed E-state index contributed by atoms with van der Waals surface area (Å²) >= 11 is 0. The Morgan fingerprint density at radius 3 is 2.32 bits per heavy atom. The molecule has 3 aromatic carbocycles. The van der Waals surface area contributed by atoms with Gasteiger partial charge in [0.2, 0.25) is 5.82 Å². The van der Waals surface area contributed by atoms with Crippen LogP contribution in [-0.4, -0.2) is 26.4 Å². The maximum Gasteiger partial charge on any atom is 0.407 e. The highest BCUT2D eigenvalue weighted by Crippen LogP contribution is 2.44. The van der Waals surface area contributed by atoms with Gasteiger partial charge in [0.25, 0.3) is 0 Å². The Hall–Kier alpha value is -3.67. The smallest absolute Gasteiger partial charge is 0.407 e. The molecular weight excluding hydrogens is 400 g/mol. The van der Waals surface area contributed by atoms with Gasteiger partial charge >= 0.3 is 6.09 Å². The summed E-state index contributed by atoms with van der Waals surface area (Å²) < 4.78 is 37.3. The van der Waals surface area contributed by atoms with Crippen LogP contribution in [0.4, 0.5) is 13.6 Å². The van der Waals surface area contributed by atoms with Crippen molar-refractivity contribution in [2.75, 3.05) is 20.3 Å². The van der Waals surface area contributed by atoms with E-state index in [0.29, 0.717) is 5.56 Å². The molecule has 0 aromatic heterocycles. The number of carbonyl (C=O) groups is 1. The molecule has 0 atom stereocenters. The summed E-state index contributed by atoms with van der Waals surface area (Å²) in [5.41, 5.74) is 5.03. The second kappa shape index (κ2) is 9.00. The summed E-state index contributed by atoms with van der Waals surface area (Å²) in [6, 6.07) is 18.7. The molecule has 1 amide bonds. The van der Waals surface area contributed by atoms with Gasteiger partial charge in [-0.1, -0.05) is 60.7 Å². The van der Waals surface area contributed by atoms with Gasteiger partial charge in [-0.3, -0.25) is 0 Å². The topological polar surface area (TPSA) is 47.6 Å². The molecule has 4 nitrogen and oxygen atoms in total. The van der Waals surface area contributed by atoms with Crippen LogP contribution in [0.25, 0.3) is 17.2 Å². The lowest BCUT2D eigenvalue weighted by atomic mass is 9.98. The van der Waals surface area contributed by atoms with E-state index in [1.807, 2.05) is 24.3 Å². The van der Waals surface area contributed by atoms with E-state index in [2.05, 4.69) is 29.6 Å². The highest BCUT2D eigenvalue weighted by molar-refractivity contribution is 5.79. The molecule has 1 aliphatic rings. The van der Waals surface area contributed by atoms with Crippen LogP contribution in [0.2, 0.25) is 0 Å². The van der Waals surface area contributed by atoms with E-state index in [1.165, 1.54) is 13.2 Å². The molecule has 3 aromatic rings. The molecule has 158 valence electrons. The van der Waals surface area contributed by atoms with E-state index < -0.39 is 17.7 Å². The van der Waals surface area contributed by atoms with Crippen LogP contribution in [0.5, 0.6) is 5.75 Å². The minimum Gasteiger partial charge on any atom is -0.494 e. The Bertz CT molecular complexity index is 1100. The van der Waals surface area contributed by atoms with Gasteiger partial charge in [0.1, 0.15) is 6.61 Å². The zero-order valence-corrected chi connectivity index (χ0v) is 16.9. The normalized spacial score (nSPS) is 12.5. The molecule has 0 spiro atoms. The van der Waals surface area contributed by atoms with Crippen molar-refractivity contribution in [1.82, 2.24) is 5.32 Å². The molecule has 0 bridgehead atoms. The first-order valence-electron chi connectivity index (χ1n) is 9.87. The molecule has 0 heterocycles. The maximum absolute atomic E-state index is 13.5. The van der Waals surface area contributed by atoms with Crippen molar-refractivity contribution in [1.29, 1.82) is 0 Å². The first-order valence-corrected chi connectivity index (χ1v) is 9.87. The van der Waals surface area contributed by atoms with Crippen molar-refractivity contribution in [3.63, 3.8) is 0 Å². The fraction of sp³-hybridized carbons (Fsp3) is 0.160. The number of alkyl carbamates (subject to hydrolysis) is 1. The second-order valence-corrected chi connectivity index (χ2v) is 7.13. The van der Waals surface area contributed by atoms with E-state index in [9.17, 15) is 13.6 Å². The third-order valence-electron chi connectivity index (χ3n) is 5.26. The van der Waals surface area contributed by atoms with Crippen LogP contribution >= 0.6 is 0 Å². The average Bonchev–Trinajstić information content (AvgIpc) is 3.11. The Balaban J connectivity index is 1.33. The number of fused-ring (bicyclic) bond motifs is 3. The highest BCUT2D eigenvalue weighted by Gasteiger charge is 2.28. The number of nitrogens with one attached hydrogen (secondary N) is 1. The monoisotopic (exact) mass is 421 g/mol. The van der Waals surface area contributed by atoms with Gasteiger partial charge < -0.3 is 14.8 Å². The lowest BCUT2D eigenvalue weighted by Crippen LogP contribution is -2.26. The van der Waals surface area contributed by atoms with Crippen molar-refractivity contribution >= 4 is 12.2 Å². The van der Waals surface area contributed by atoms with E-state index in [0.717, 1.165) is 28.3 Å². The van der Waals surface area contributed by atoms with Gasteiger partial charge in [0.05, 0.1) is 7.11 Å². The van der Waals surface area contributed by atoms with Crippen LogP contribution in [0, 0.1) is 11.6 Å². The third kappa shape index (κ3) is 4.28. The number of methoxy groups -OCH3 is 1. The minimum atomic E-state index is -1.03. The van der Waals surface area contributed by atoms with E-state index >= 15 is 0 Å². The average molecular weight is 421 g/mol. The molecule has 1 N–H and O–H groups in total. The number of amides is 1. The van der Waals surface area contributed by atoms with E-state index in [1.54, 1.807) is 12.2 Å². The van der Waals surface area contributed by atoms with Gasteiger partial charge in [-0.25, -0.2) is 9.18 Å². The molecule has 0 saturated carbocycles. The third-order valence-corrected chi connectivity index (χ3v) is 5.26. The van der Waals surface area contributed by atoms with Crippen molar-refractivity contribution in [3.8, 4) is 16.9 Å². The van der Waals surface area contributed by atoms with Crippen molar-refractivity contribution < 1.29 is 23.0 Å². The molecule has 0 fully saturated rings. The maximum atomic E-state index is 13.5. The molecule has 0 unspecified atom stereocenters. The summed E-state index contributed by atoms with van der Waals surface area (Å²) in [5.74, 6) is -2.22. The van der Waals surface area contributed by atoms with Gasteiger partial charge in [0, 0.05) is 12.5 Å². The molecule has 4 rings (SSSR count). The molecule has 0 radical (unpaired) electrons. The molecule has 0 aliphatic heterocycles. The fourth-order valence-corrected chi connectivity index (χ4v) is 3.82. The molecule has 31 heavy (non-hydrogen) atoms. The predicted octanol–water partition coefficient (Wildman–Crippen LogP) is 5.53. The Morgan fingerprint density at radius 2 is 1.68 bits per heavy atom. The van der Waals surface area contributed by atoms with Crippen molar-refractivity contribution in [3.05, 3.63) is 95.1 Å². The molecule has 6 heteroatoms. The zero-order valence-electron chi connectivity index (χ0n) is 16.9. The largest absolute Gasteiger partial charge is 0.494 e. The summed E-state index contributed by atoms with van der Waals surface area (Å²) in [7, 11) is 1.27. The fourth-order valence-electron chi connectivity index (χ4n) is 3.82. The lowest BCUT2D eigenvalue weighted by molar-refractivity contribution is 0.144. The van der Waals surface area contributed by atoms with Crippen molar-refractivity contribution in [2.45, 2.75) is 5.92 Å². The van der Waals surface area contributed by atoms with Gasteiger partial charge in [-0.15, -0.1) is 0 Å². The Morgan fingerprint density at radius 1 is 1.03 bits per heavy atom. The molecule has 1 aliphatic carbocycles. The zero-order chi connectivity index (χ0) is 21.8. The predicted molar refractivity (Wildman–Crippen MR) is 115 cm³/mol. The summed E-state index contributed by atoms with van der Waals surface area (Å²) in [6.07, 6.45) is 2.64. The number of hydrogen-bond donors (Lipinski definition) is 1. The number of carbonyl (C=O) groups excluding carboxylic acids is 1. The van der Waals surface area contributed by atoms with Crippen LogP contribution < -0.4 is 10.1 Å². The van der Waals surface area contributed by atoms with Gasteiger partial charge in [-0.2, -0.15) is 4.39 Å². The lowest BCUT2D eigenvalue weighted by Gasteiger charge is -2.14. The quantitative estimate of drug-likeness (QED) is 0.570. The number of benzene rings is 3. The van der Waals surface area contributed by atoms with Gasteiger partial charge in [-0.05, 0) is 39.9 Å². The first kappa shape index (κ1) is 20.6. The SMILES string of the molecule is COc1cc(C=CCNC(=O)OCC2c3ccccc3-c3ccccc32)cc(F)c1F.